The molecule has 0 rings (SSSR count). The molecule has 4 N–H and O–H groups in total. The molecular formula is C6H15NO2. The van der Waals surface area contributed by atoms with Gasteiger partial charge in [-0.2, -0.15) is 0 Å². The van der Waals surface area contributed by atoms with Gasteiger partial charge in [-0.1, -0.05) is 0 Å². The van der Waals surface area contributed by atoms with Gasteiger partial charge in [-0.3, -0.25) is 0 Å². The molecule has 56 valence electrons. The van der Waals surface area contributed by atoms with Crippen LogP contribution in [0.5, 0.6) is 0 Å². The maximum Gasteiger partial charge on any atom is 0.0582 e. The summed E-state index contributed by atoms with van der Waals surface area (Å²) >= 11 is 0. The standard InChI is InChI=1S/C6H15NO2/c7-6(5-9)3-1-2-4-8/h6,8-9H,1-5,7H2. The van der Waals surface area contributed by atoms with Gasteiger partial charge >= 0.3 is 0 Å². The normalized spacial score (nSPS) is 13.7. The molecule has 3 heteroatoms. The first-order chi connectivity index (χ1) is 4.31. The molecule has 1 atom stereocenters. The first-order valence-corrected chi connectivity index (χ1v) is 3.28. The molecule has 0 amide bonds. The molecule has 0 aromatic heterocycles. The number of rotatable bonds is 5. The van der Waals surface area contributed by atoms with E-state index in [1.54, 1.807) is 0 Å². The number of nitrogens with two attached hydrogens (primary N) is 1. The topological polar surface area (TPSA) is 66.5 Å². The van der Waals surface area contributed by atoms with E-state index in [4.69, 9.17) is 15.9 Å². The van der Waals surface area contributed by atoms with E-state index in [0.29, 0.717) is 0 Å². The average Bonchev–Trinajstić information content (AvgIpc) is 1.89. The zero-order chi connectivity index (χ0) is 7.11. The Hall–Kier alpha value is -0.120. The van der Waals surface area contributed by atoms with E-state index < -0.39 is 0 Å². The van der Waals surface area contributed by atoms with Crippen LogP contribution >= 0.6 is 0 Å². The summed E-state index contributed by atoms with van der Waals surface area (Å²) in [7, 11) is 0. The predicted octanol–water partition coefficient (Wildman–Crippen LogP) is -0.531. The molecule has 0 radical (unpaired) electrons. The Balaban J connectivity index is 2.88. The second kappa shape index (κ2) is 6.01. The largest absolute Gasteiger partial charge is 0.396 e. The first kappa shape index (κ1) is 8.88. The molecule has 1 unspecified atom stereocenters. The summed E-state index contributed by atoms with van der Waals surface area (Å²) in [5, 5.41) is 16.8. The SMILES string of the molecule is NC(CO)CCCCO. The van der Waals surface area contributed by atoms with Crippen LogP contribution in [-0.2, 0) is 0 Å². The van der Waals surface area contributed by atoms with E-state index in [0.717, 1.165) is 19.3 Å². The highest BCUT2D eigenvalue weighted by Crippen LogP contribution is 1.96. The lowest BCUT2D eigenvalue weighted by atomic mass is 10.1. The van der Waals surface area contributed by atoms with Crippen molar-refractivity contribution >= 4 is 0 Å². The van der Waals surface area contributed by atoms with Gasteiger partial charge in [0.15, 0.2) is 0 Å². The minimum absolute atomic E-state index is 0.0471. The summed E-state index contributed by atoms with van der Waals surface area (Å²) in [5.41, 5.74) is 5.38. The van der Waals surface area contributed by atoms with Gasteiger partial charge in [0.1, 0.15) is 0 Å². The predicted molar refractivity (Wildman–Crippen MR) is 36.0 cm³/mol. The van der Waals surface area contributed by atoms with E-state index in [1.165, 1.54) is 0 Å². The van der Waals surface area contributed by atoms with Crippen molar-refractivity contribution < 1.29 is 10.2 Å². The van der Waals surface area contributed by atoms with Gasteiger partial charge in [-0.05, 0) is 19.3 Å². The van der Waals surface area contributed by atoms with Crippen molar-refractivity contribution in [2.75, 3.05) is 13.2 Å². The molecule has 0 aliphatic heterocycles. The Morgan fingerprint density at radius 1 is 1.22 bits per heavy atom. The molecule has 9 heavy (non-hydrogen) atoms. The van der Waals surface area contributed by atoms with Crippen LogP contribution in [0.4, 0.5) is 0 Å². The second-order valence-electron chi connectivity index (χ2n) is 2.16. The van der Waals surface area contributed by atoms with Crippen molar-refractivity contribution in [1.82, 2.24) is 0 Å². The fraction of sp³-hybridized carbons (Fsp3) is 1.00. The van der Waals surface area contributed by atoms with E-state index >= 15 is 0 Å². The van der Waals surface area contributed by atoms with Gasteiger partial charge in [-0.15, -0.1) is 0 Å². The van der Waals surface area contributed by atoms with Gasteiger partial charge in [0, 0.05) is 12.6 Å². The van der Waals surface area contributed by atoms with E-state index in [1.807, 2.05) is 0 Å². The van der Waals surface area contributed by atoms with Gasteiger partial charge in [0.05, 0.1) is 6.61 Å². The third-order valence-corrected chi connectivity index (χ3v) is 1.22. The van der Waals surface area contributed by atoms with E-state index in [2.05, 4.69) is 0 Å². The summed E-state index contributed by atoms with van der Waals surface area (Å²) in [4.78, 5) is 0. The highest BCUT2D eigenvalue weighted by Gasteiger charge is 1.97. The van der Waals surface area contributed by atoms with Crippen LogP contribution < -0.4 is 5.73 Å². The van der Waals surface area contributed by atoms with Gasteiger partial charge < -0.3 is 15.9 Å². The van der Waals surface area contributed by atoms with E-state index in [-0.39, 0.29) is 19.3 Å². The summed E-state index contributed by atoms with van der Waals surface area (Å²) < 4.78 is 0. The molecule has 0 spiro atoms. The zero-order valence-electron chi connectivity index (χ0n) is 5.58. The monoisotopic (exact) mass is 133 g/mol. The lowest BCUT2D eigenvalue weighted by Crippen LogP contribution is -2.23. The number of unbranched alkanes of at least 4 members (excludes halogenated alkanes) is 1. The zero-order valence-corrected chi connectivity index (χ0v) is 5.58. The van der Waals surface area contributed by atoms with Crippen molar-refractivity contribution in [3.05, 3.63) is 0 Å². The Labute approximate surface area is 55.5 Å². The molecule has 0 heterocycles. The maximum atomic E-state index is 8.45. The number of aliphatic hydroxyl groups is 2. The van der Waals surface area contributed by atoms with Crippen LogP contribution in [0.1, 0.15) is 19.3 Å². The molecular weight excluding hydrogens is 118 g/mol. The minimum atomic E-state index is -0.100. The molecule has 0 aliphatic rings. The molecule has 0 saturated heterocycles. The Morgan fingerprint density at radius 2 is 1.89 bits per heavy atom. The van der Waals surface area contributed by atoms with Gasteiger partial charge in [0.25, 0.3) is 0 Å². The third-order valence-electron chi connectivity index (χ3n) is 1.22. The second-order valence-corrected chi connectivity index (χ2v) is 2.16. The summed E-state index contributed by atoms with van der Waals surface area (Å²) in [6.45, 7) is 0.267. The summed E-state index contributed by atoms with van der Waals surface area (Å²) in [6.07, 6.45) is 2.49. The average molecular weight is 133 g/mol. The van der Waals surface area contributed by atoms with Crippen LogP contribution in [0, 0.1) is 0 Å². The first-order valence-electron chi connectivity index (χ1n) is 3.28. The molecule has 3 nitrogen and oxygen atoms in total. The highest BCUT2D eigenvalue weighted by molar-refractivity contribution is 4.57. The molecule has 0 aliphatic carbocycles. The number of aliphatic hydroxyl groups excluding tert-OH is 2. The smallest absolute Gasteiger partial charge is 0.0582 e. The molecule has 0 fully saturated rings. The summed E-state index contributed by atoms with van der Waals surface area (Å²) in [6, 6.07) is -0.100. The molecule has 0 aromatic rings. The quantitative estimate of drug-likeness (QED) is 0.442. The van der Waals surface area contributed by atoms with Gasteiger partial charge in [0.2, 0.25) is 0 Å². The van der Waals surface area contributed by atoms with Gasteiger partial charge in [-0.25, -0.2) is 0 Å². The fourth-order valence-corrected chi connectivity index (χ4v) is 0.610. The number of hydrogen-bond acceptors (Lipinski definition) is 3. The van der Waals surface area contributed by atoms with Crippen LogP contribution in [0.3, 0.4) is 0 Å². The van der Waals surface area contributed by atoms with Crippen molar-refractivity contribution in [3.63, 3.8) is 0 Å². The number of hydrogen-bond donors (Lipinski definition) is 3. The van der Waals surface area contributed by atoms with Crippen LogP contribution in [0.2, 0.25) is 0 Å². The van der Waals surface area contributed by atoms with Crippen LogP contribution in [-0.4, -0.2) is 29.5 Å². The lowest BCUT2D eigenvalue weighted by molar-refractivity contribution is 0.247. The lowest BCUT2D eigenvalue weighted by Gasteiger charge is -2.05. The van der Waals surface area contributed by atoms with Crippen molar-refractivity contribution in [2.45, 2.75) is 25.3 Å². The van der Waals surface area contributed by atoms with Crippen LogP contribution in [0.15, 0.2) is 0 Å². The van der Waals surface area contributed by atoms with Crippen molar-refractivity contribution in [1.29, 1.82) is 0 Å². The summed E-state index contributed by atoms with van der Waals surface area (Å²) in [5.74, 6) is 0. The minimum Gasteiger partial charge on any atom is -0.396 e. The Bertz CT molecular complexity index is 59.0. The van der Waals surface area contributed by atoms with Crippen molar-refractivity contribution in [2.24, 2.45) is 5.73 Å². The molecule has 0 aromatic carbocycles. The fourth-order valence-electron chi connectivity index (χ4n) is 0.610. The van der Waals surface area contributed by atoms with Crippen molar-refractivity contribution in [3.8, 4) is 0 Å². The van der Waals surface area contributed by atoms with Crippen LogP contribution in [0.25, 0.3) is 0 Å². The maximum absolute atomic E-state index is 8.45. The third kappa shape index (κ3) is 5.76. The Kier molecular flexibility index (Phi) is 5.93. The molecule has 0 saturated carbocycles. The molecule has 0 bridgehead atoms. The highest BCUT2D eigenvalue weighted by atomic mass is 16.3. The van der Waals surface area contributed by atoms with E-state index in [9.17, 15) is 0 Å². The Morgan fingerprint density at radius 3 is 2.33 bits per heavy atom.